The summed E-state index contributed by atoms with van der Waals surface area (Å²) in [6.07, 6.45) is -10.9. The van der Waals surface area contributed by atoms with E-state index in [1.165, 1.54) is 6.92 Å². The molecule has 214 valence electrons. The Morgan fingerprint density at radius 2 is 1.60 bits per heavy atom. The molecule has 0 heterocycles. The molecule has 5 nitrogen and oxygen atoms in total. The zero-order valence-corrected chi connectivity index (χ0v) is 22.3. The first-order valence-electron chi connectivity index (χ1n) is 11.2. The molecule has 1 fully saturated rings. The van der Waals surface area contributed by atoms with Gasteiger partial charge in [-0.25, -0.2) is 4.39 Å². The van der Waals surface area contributed by atoms with Crippen LogP contribution < -0.4 is 10.6 Å². The first kappa shape index (κ1) is 31.5. The van der Waals surface area contributed by atoms with E-state index in [0.29, 0.717) is 25.0 Å². The number of hydrogen-bond acceptors (Lipinski definition) is 3. The monoisotopic (exact) mass is 629 g/mol. The van der Waals surface area contributed by atoms with E-state index >= 15 is 4.39 Å². The number of nitrogens with zero attached hydrogens (tertiary/aromatic N) is 1. The molecule has 0 aromatic heterocycles. The number of rotatable bonds is 7. The zero-order chi connectivity index (χ0) is 30.2. The summed E-state index contributed by atoms with van der Waals surface area (Å²) in [7, 11) is 0. The van der Waals surface area contributed by atoms with Gasteiger partial charge in [0, 0.05) is 5.56 Å². The van der Waals surface area contributed by atoms with Crippen LogP contribution in [0.3, 0.4) is 0 Å². The van der Waals surface area contributed by atoms with Gasteiger partial charge in [-0.1, -0.05) is 40.9 Å². The van der Waals surface area contributed by atoms with Crippen molar-refractivity contribution in [2.45, 2.75) is 44.2 Å². The number of nitriles is 1. The molecule has 0 radical (unpaired) electrons. The molecule has 0 bridgehead atoms. The van der Waals surface area contributed by atoms with Gasteiger partial charge in [0.15, 0.2) is 0 Å². The molecule has 2 N–H and O–H groups in total. The summed E-state index contributed by atoms with van der Waals surface area (Å²) in [5, 5.41) is 12.5. The topological polar surface area (TPSA) is 82.0 Å². The number of halogens is 10. The minimum Gasteiger partial charge on any atom is -0.335 e. The molecule has 1 aliphatic carbocycles. The molecule has 0 spiro atoms. The van der Waals surface area contributed by atoms with Crippen molar-refractivity contribution in [1.29, 1.82) is 5.26 Å². The highest BCUT2D eigenvalue weighted by atomic mass is 35.5. The van der Waals surface area contributed by atoms with Crippen molar-refractivity contribution in [3.8, 4) is 6.07 Å². The molecule has 3 rings (SSSR count). The molecule has 2 aromatic rings. The van der Waals surface area contributed by atoms with Gasteiger partial charge < -0.3 is 10.6 Å². The molecular formula is C25H17Cl3F7N3O2. The van der Waals surface area contributed by atoms with E-state index in [9.17, 15) is 35.9 Å². The lowest BCUT2D eigenvalue weighted by atomic mass is 9.95. The van der Waals surface area contributed by atoms with Crippen LogP contribution in [0.5, 0.6) is 0 Å². The first-order chi connectivity index (χ1) is 18.4. The fraction of sp³-hybridized carbons (Fsp3) is 0.320. The summed E-state index contributed by atoms with van der Waals surface area (Å²) >= 11 is 17.3. The summed E-state index contributed by atoms with van der Waals surface area (Å²) < 4.78 is 97.8. The maximum absolute atomic E-state index is 15.0. The lowest BCUT2D eigenvalue weighted by Crippen LogP contribution is -2.48. The van der Waals surface area contributed by atoms with Gasteiger partial charge in [0.1, 0.15) is 17.2 Å². The van der Waals surface area contributed by atoms with Crippen molar-refractivity contribution < 1.29 is 40.3 Å². The largest absolute Gasteiger partial charge is 0.417 e. The van der Waals surface area contributed by atoms with Crippen molar-refractivity contribution in [2.24, 2.45) is 5.41 Å². The minimum atomic E-state index is -5.21. The van der Waals surface area contributed by atoms with Gasteiger partial charge in [-0.05, 0) is 55.7 Å². The van der Waals surface area contributed by atoms with Crippen molar-refractivity contribution >= 4 is 52.4 Å². The third-order valence-corrected chi connectivity index (χ3v) is 7.17. The Morgan fingerprint density at radius 1 is 1.02 bits per heavy atom. The van der Waals surface area contributed by atoms with Gasteiger partial charge >= 0.3 is 12.4 Å². The van der Waals surface area contributed by atoms with Gasteiger partial charge in [-0.15, -0.1) is 0 Å². The Labute approximate surface area is 237 Å². The maximum Gasteiger partial charge on any atom is 0.417 e. The van der Waals surface area contributed by atoms with Crippen LogP contribution in [0.4, 0.5) is 30.7 Å². The second-order valence-electron chi connectivity index (χ2n) is 8.95. The third-order valence-electron chi connectivity index (χ3n) is 5.97. The minimum absolute atomic E-state index is 0.0473. The van der Waals surface area contributed by atoms with Crippen LogP contribution in [0, 0.1) is 16.7 Å². The average molecular weight is 631 g/mol. The Hall–Kier alpha value is -3.01. The lowest BCUT2D eigenvalue weighted by Gasteiger charge is -2.20. The number of allylic oxidation sites excluding steroid dienone is 1. The van der Waals surface area contributed by atoms with Crippen LogP contribution in [0.15, 0.2) is 36.4 Å². The van der Waals surface area contributed by atoms with Crippen molar-refractivity contribution in [3.05, 3.63) is 73.7 Å². The zero-order valence-electron chi connectivity index (χ0n) is 20.1. The first-order valence-corrected chi connectivity index (χ1v) is 12.4. The Kier molecular flexibility index (Phi) is 9.03. The average Bonchev–Trinajstić information content (AvgIpc) is 3.65. The van der Waals surface area contributed by atoms with Crippen LogP contribution in [-0.2, 0) is 11.0 Å². The molecule has 2 atom stereocenters. The number of hydrogen-bond donors (Lipinski definition) is 2. The van der Waals surface area contributed by atoms with E-state index in [2.05, 4.69) is 10.6 Å². The van der Waals surface area contributed by atoms with Crippen LogP contribution in [0.1, 0.15) is 52.7 Å². The van der Waals surface area contributed by atoms with Crippen LogP contribution in [-0.4, -0.2) is 24.2 Å². The van der Waals surface area contributed by atoms with Gasteiger partial charge in [-0.2, -0.15) is 31.6 Å². The van der Waals surface area contributed by atoms with Crippen molar-refractivity contribution in [2.75, 3.05) is 0 Å². The standard InChI is InChI=1S/C25H17Cl3F7N3O2/c1-11(38-22(40)23(10-36)4-5-23)37-21(39)14-3-2-12(6-16(14)25(33,34)35)19(29)9-15(24(30,31)32)13-7-17(26)20(28)18(27)8-13/h2-3,6-9,11,15H,4-5H2,1H3,(H,37,39)(H,38,40)/b19-9-. The van der Waals surface area contributed by atoms with Crippen molar-refractivity contribution in [1.82, 2.24) is 10.6 Å². The van der Waals surface area contributed by atoms with E-state index in [-0.39, 0.29) is 27.2 Å². The molecule has 1 saturated carbocycles. The third kappa shape index (κ3) is 7.00. The van der Waals surface area contributed by atoms with Gasteiger partial charge in [0.2, 0.25) is 5.91 Å². The van der Waals surface area contributed by atoms with E-state index in [1.807, 2.05) is 6.07 Å². The normalized spacial score (nSPS) is 16.5. The number of carbonyl (C=O) groups excluding carboxylic acids is 2. The quantitative estimate of drug-likeness (QED) is 0.186. The summed E-state index contributed by atoms with van der Waals surface area (Å²) in [5.41, 5.74) is -5.38. The predicted octanol–water partition coefficient (Wildman–Crippen LogP) is 7.82. The van der Waals surface area contributed by atoms with E-state index in [1.54, 1.807) is 0 Å². The smallest absolute Gasteiger partial charge is 0.335 e. The molecule has 0 aliphatic heterocycles. The second kappa shape index (κ2) is 11.5. The maximum atomic E-state index is 15.0. The molecule has 2 aromatic carbocycles. The molecule has 15 heteroatoms. The fourth-order valence-electron chi connectivity index (χ4n) is 3.66. The number of benzene rings is 2. The number of amides is 2. The van der Waals surface area contributed by atoms with E-state index < -0.39 is 69.7 Å². The van der Waals surface area contributed by atoms with Gasteiger partial charge in [0.05, 0.1) is 38.4 Å². The van der Waals surface area contributed by atoms with E-state index in [4.69, 9.17) is 40.1 Å². The Bertz CT molecular complexity index is 1390. The summed E-state index contributed by atoms with van der Waals surface area (Å²) in [6.45, 7) is 1.25. The second-order valence-corrected chi connectivity index (χ2v) is 10.1. The van der Waals surface area contributed by atoms with Gasteiger partial charge in [0.25, 0.3) is 5.91 Å². The number of carbonyl (C=O) groups is 2. The molecule has 1 aliphatic rings. The molecular weight excluding hydrogens is 614 g/mol. The molecule has 0 saturated heterocycles. The van der Waals surface area contributed by atoms with E-state index in [0.717, 1.165) is 12.1 Å². The summed E-state index contributed by atoms with van der Waals surface area (Å²) in [4.78, 5) is 24.7. The molecule has 2 amide bonds. The van der Waals surface area contributed by atoms with Crippen LogP contribution >= 0.6 is 34.8 Å². The highest BCUT2D eigenvalue weighted by Crippen LogP contribution is 2.45. The highest BCUT2D eigenvalue weighted by Gasteiger charge is 2.51. The number of alkyl halides is 6. The van der Waals surface area contributed by atoms with Crippen LogP contribution in [0.25, 0.3) is 5.83 Å². The highest BCUT2D eigenvalue weighted by molar-refractivity contribution is 6.48. The summed E-state index contributed by atoms with van der Waals surface area (Å²) in [6, 6.07) is 4.90. The predicted molar refractivity (Wildman–Crippen MR) is 133 cm³/mol. The Balaban J connectivity index is 1.93. The SMILES string of the molecule is CC(NC(=O)c1ccc(/C(F)=C/C(c2cc(Cl)c(Cl)c(Cl)c2)C(F)(F)F)cc1C(F)(F)F)NC(=O)C1(C#N)CC1. The van der Waals surface area contributed by atoms with Crippen LogP contribution in [0.2, 0.25) is 15.1 Å². The number of nitrogens with one attached hydrogen (secondary N) is 2. The molecule has 2 unspecified atom stereocenters. The fourth-order valence-corrected chi connectivity index (χ4v) is 4.28. The summed E-state index contributed by atoms with van der Waals surface area (Å²) in [5.74, 6) is -6.35. The Morgan fingerprint density at radius 3 is 2.08 bits per heavy atom. The van der Waals surface area contributed by atoms with Crippen molar-refractivity contribution in [3.63, 3.8) is 0 Å². The molecule has 40 heavy (non-hydrogen) atoms. The van der Waals surface area contributed by atoms with Gasteiger partial charge in [-0.3, -0.25) is 9.59 Å². The lowest BCUT2D eigenvalue weighted by molar-refractivity contribution is -0.140.